The van der Waals surface area contributed by atoms with Gasteiger partial charge in [0.1, 0.15) is 12.3 Å². The third kappa shape index (κ3) is 5.35. The molecule has 2 nitrogen and oxygen atoms in total. The lowest BCUT2D eigenvalue weighted by Crippen LogP contribution is -2.38. The van der Waals surface area contributed by atoms with Gasteiger partial charge in [-0.05, 0) is 22.3 Å². The van der Waals surface area contributed by atoms with Crippen molar-refractivity contribution < 1.29 is 26.3 Å². The molecule has 2 aromatic carbocycles. The summed E-state index contributed by atoms with van der Waals surface area (Å²) in [5.74, 6) is -3.08. The molecule has 0 aromatic heterocycles. The highest BCUT2D eigenvalue weighted by Gasteiger charge is 2.45. The van der Waals surface area contributed by atoms with Crippen molar-refractivity contribution in [3.63, 3.8) is 0 Å². The minimum absolute atomic E-state index is 0.0366. The number of alkyl halides is 6. The lowest BCUT2D eigenvalue weighted by molar-refractivity contribution is -0.0121. The SMILES string of the molecule is NCc1ccccc1C(C(F)CCF)C(c1ccccc1CN)C(F)C(F)C(F)F. The highest BCUT2D eigenvalue weighted by molar-refractivity contribution is 5.40. The van der Waals surface area contributed by atoms with E-state index in [1.165, 1.54) is 18.2 Å². The molecule has 2 aromatic rings. The lowest BCUT2D eigenvalue weighted by atomic mass is 9.72. The Bertz CT molecular complexity index is 788. The van der Waals surface area contributed by atoms with Gasteiger partial charge in [-0.2, -0.15) is 0 Å². The van der Waals surface area contributed by atoms with Crippen LogP contribution in [-0.4, -0.2) is 31.6 Å². The quantitative estimate of drug-likeness (QED) is 0.485. The molecule has 0 radical (unpaired) electrons. The minimum atomic E-state index is -3.60. The standard InChI is InChI=1S/C22H26F6N2/c23-10-9-17(24)18(15-7-3-1-5-13(15)11-29)19(20(25)21(26)22(27)28)16-8-4-2-6-14(16)12-30/h1-8,17-22H,9-12,29-30H2. The highest BCUT2D eigenvalue weighted by atomic mass is 19.3. The zero-order chi connectivity index (χ0) is 22.3. The summed E-state index contributed by atoms with van der Waals surface area (Å²) in [7, 11) is 0. The van der Waals surface area contributed by atoms with Gasteiger partial charge in [-0.1, -0.05) is 48.5 Å². The maximum absolute atomic E-state index is 15.3. The predicted molar refractivity (Wildman–Crippen MR) is 105 cm³/mol. The zero-order valence-corrected chi connectivity index (χ0v) is 16.3. The fourth-order valence-electron chi connectivity index (χ4n) is 3.89. The van der Waals surface area contributed by atoms with Gasteiger partial charge in [-0.3, -0.25) is 4.39 Å². The third-order valence-electron chi connectivity index (χ3n) is 5.32. The second kappa shape index (κ2) is 11.4. The first-order valence-electron chi connectivity index (χ1n) is 9.69. The average Bonchev–Trinajstić information content (AvgIpc) is 2.76. The van der Waals surface area contributed by atoms with Crippen molar-refractivity contribution in [1.29, 1.82) is 0 Å². The van der Waals surface area contributed by atoms with Gasteiger partial charge in [0.05, 0.1) is 6.67 Å². The van der Waals surface area contributed by atoms with Gasteiger partial charge in [-0.15, -0.1) is 0 Å². The first-order valence-corrected chi connectivity index (χ1v) is 9.69. The van der Waals surface area contributed by atoms with Crippen molar-refractivity contribution in [1.82, 2.24) is 0 Å². The number of rotatable bonds is 11. The van der Waals surface area contributed by atoms with Gasteiger partial charge >= 0.3 is 0 Å². The Kier molecular flexibility index (Phi) is 9.17. The Balaban J connectivity index is 2.74. The van der Waals surface area contributed by atoms with Gasteiger partial charge in [0.25, 0.3) is 6.43 Å². The predicted octanol–water partition coefficient (Wildman–Crippen LogP) is 5.11. The maximum atomic E-state index is 15.3. The topological polar surface area (TPSA) is 52.0 Å². The average molecular weight is 432 g/mol. The smallest absolute Gasteiger partial charge is 0.272 e. The Morgan fingerprint density at radius 2 is 1.13 bits per heavy atom. The number of halogens is 6. The number of benzene rings is 2. The number of hydrogen-bond donors (Lipinski definition) is 2. The molecule has 0 heterocycles. The second-order valence-electron chi connectivity index (χ2n) is 7.07. The molecule has 2 rings (SSSR count). The number of hydrogen-bond acceptors (Lipinski definition) is 2. The Morgan fingerprint density at radius 1 is 0.667 bits per heavy atom. The molecular formula is C22H26F6N2. The van der Waals surface area contributed by atoms with Gasteiger partial charge in [0.2, 0.25) is 0 Å². The summed E-state index contributed by atoms with van der Waals surface area (Å²) >= 11 is 0. The Hall–Kier alpha value is -2.06. The molecule has 0 saturated heterocycles. The van der Waals surface area contributed by atoms with Gasteiger partial charge in [-0.25, -0.2) is 22.0 Å². The fourth-order valence-corrected chi connectivity index (χ4v) is 3.89. The van der Waals surface area contributed by atoms with E-state index in [1.54, 1.807) is 30.3 Å². The van der Waals surface area contributed by atoms with Crippen LogP contribution >= 0.6 is 0 Å². The van der Waals surface area contributed by atoms with Crippen molar-refractivity contribution in [3.8, 4) is 0 Å². The summed E-state index contributed by atoms with van der Waals surface area (Å²) in [5, 5.41) is 0. The molecule has 5 atom stereocenters. The largest absolute Gasteiger partial charge is 0.326 e. The van der Waals surface area contributed by atoms with Crippen molar-refractivity contribution in [3.05, 3.63) is 70.8 Å². The number of nitrogens with two attached hydrogens (primary N) is 2. The van der Waals surface area contributed by atoms with E-state index < -0.39 is 49.9 Å². The first kappa shape index (κ1) is 24.2. The van der Waals surface area contributed by atoms with E-state index in [9.17, 15) is 17.6 Å². The normalized spacial score (nSPS) is 16.8. The molecule has 166 valence electrons. The van der Waals surface area contributed by atoms with Crippen molar-refractivity contribution in [2.75, 3.05) is 6.67 Å². The first-order chi connectivity index (χ1) is 14.4. The van der Waals surface area contributed by atoms with Crippen LogP contribution in [0.15, 0.2) is 48.5 Å². The Labute approximate surface area is 172 Å². The van der Waals surface area contributed by atoms with Crippen LogP contribution in [0.3, 0.4) is 0 Å². The molecule has 0 aliphatic rings. The van der Waals surface area contributed by atoms with Crippen molar-refractivity contribution in [2.45, 2.75) is 56.3 Å². The molecule has 5 unspecified atom stereocenters. The van der Waals surface area contributed by atoms with Crippen LogP contribution in [-0.2, 0) is 13.1 Å². The van der Waals surface area contributed by atoms with Crippen LogP contribution in [0, 0.1) is 0 Å². The zero-order valence-electron chi connectivity index (χ0n) is 16.3. The molecule has 0 bridgehead atoms. The lowest BCUT2D eigenvalue weighted by Gasteiger charge is -2.35. The molecule has 0 fully saturated rings. The molecule has 0 aliphatic carbocycles. The van der Waals surface area contributed by atoms with E-state index in [-0.39, 0.29) is 24.2 Å². The summed E-state index contributed by atoms with van der Waals surface area (Å²) in [6.07, 6.45) is -12.0. The second-order valence-corrected chi connectivity index (χ2v) is 7.07. The molecule has 8 heteroatoms. The summed E-state index contributed by atoms with van der Waals surface area (Å²) in [6, 6.07) is 12.3. The van der Waals surface area contributed by atoms with E-state index in [0.29, 0.717) is 11.1 Å². The van der Waals surface area contributed by atoms with Gasteiger partial charge in [0.15, 0.2) is 6.17 Å². The van der Waals surface area contributed by atoms with E-state index in [2.05, 4.69) is 0 Å². The van der Waals surface area contributed by atoms with Crippen LogP contribution in [0.4, 0.5) is 26.3 Å². The van der Waals surface area contributed by atoms with E-state index in [1.807, 2.05) is 0 Å². The van der Waals surface area contributed by atoms with Crippen molar-refractivity contribution >= 4 is 0 Å². The molecule has 0 saturated carbocycles. The van der Waals surface area contributed by atoms with Crippen LogP contribution in [0.25, 0.3) is 0 Å². The highest BCUT2D eigenvalue weighted by Crippen LogP contribution is 2.45. The van der Waals surface area contributed by atoms with Crippen molar-refractivity contribution in [2.24, 2.45) is 11.5 Å². The van der Waals surface area contributed by atoms with Crippen LogP contribution in [0.5, 0.6) is 0 Å². The van der Waals surface area contributed by atoms with E-state index in [0.717, 1.165) is 0 Å². The molecule has 30 heavy (non-hydrogen) atoms. The summed E-state index contributed by atoms with van der Waals surface area (Å²) in [4.78, 5) is 0. The summed E-state index contributed by atoms with van der Waals surface area (Å²) in [6.45, 7) is -1.17. The molecule has 0 spiro atoms. The molecular weight excluding hydrogens is 406 g/mol. The molecule has 0 amide bonds. The van der Waals surface area contributed by atoms with E-state index >= 15 is 8.78 Å². The molecule has 4 N–H and O–H groups in total. The van der Waals surface area contributed by atoms with Gasteiger partial charge in [0, 0.05) is 31.3 Å². The fraction of sp³-hybridized carbons (Fsp3) is 0.455. The van der Waals surface area contributed by atoms with Crippen LogP contribution < -0.4 is 11.5 Å². The third-order valence-corrected chi connectivity index (χ3v) is 5.32. The monoisotopic (exact) mass is 432 g/mol. The molecule has 0 aliphatic heterocycles. The van der Waals surface area contributed by atoms with Crippen LogP contribution in [0.2, 0.25) is 0 Å². The summed E-state index contributed by atoms with van der Waals surface area (Å²) in [5.41, 5.74) is 12.6. The summed E-state index contributed by atoms with van der Waals surface area (Å²) < 4.78 is 84.0. The maximum Gasteiger partial charge on any atom is 0.272 e. The Morgan fingerprint density at radius 3 is 1.57 bits per heavy atom. The van der Waals surface area contributed by atoms with Gasteiger partial charge < -0.3 is 11.5 Å². The van der Waals surface area contributed by atoms with E-state index in [4.69, 9.17) is 11.5 Å². The minimum Gasteiger partial charge on any atom is -0.326 e. The van der Waals surface area contributed by atoms with Crippen LogP contribution in [0.1, 0.15) is 40.5 Å².